The van der Waals surface area contributed by atoms with Crippen LogP contribution in [-0.4, -0.2) is 45.3 Å². The van der Waals surface area contributed by atoms with Crippen LogP contribution in [0.25, 0.3) is 11.3 Å². The standard InChI is InChI=1S/C27H34O7/c1-23(2)21(28)10-11-24(3)26(23,30)13-12-25(4)27(24,31)15-18-20(34-25)14-19(33-22(18)29)16-6-8-17(32-5)9-7-16/h6-9,14,21,28,30-31H,10-13,15H2,1-5H3. The number of hydrogen-bond acceptors (Lipinski definition) is 7. The van der Waals surface area contributed by atoms with Crippen molar-refractivity contribution in [3.63, 3.8) is 0 Å². The van der Waals surface area contributed by atoms with Gasteiger partial charge in [0.1, 0.15) is 28.5 Å². The Morgan fingerprint density at radius 3 is 2.32 bits per heavy atom. The topological polar surface area (TPSA) is 109 Å². The van der Waals surface area contributed by atoms with E-state index in [0.717, 1.165) is 0 Å². The zero-order chi connectivity index (χ0) is 24.7. The fourth-order valence-electron chi connectivity index (χ4n) is 7.00. The van der Waals surface area contributed by atoms with E-state index in [-0.39, 0.29) is 12.0 Å². The molecule has 5 atom stereocenters. The van der Waals surface area contributed by atoms with Gasteiger partial charge < -0.3 is 29.2 Å². The van der Waals surface area contributed by atoms with Crippen molar-refractivity contribution in [2.24, 2.45) is 10.8 Å². The average molecular weight is 471 g/mol. The Hall–Kier alpha value is -2.35. The summed E-state index contributed by atoms with van der Waals surface area (Å²) in [6.07, 6.45) is 0.927. The largest absolute Gasteiger partial charge is 0.497 e. The molecule has 5 rings (SSSR count). The van der Waals surface area contributed by atoms with E-state index in [1.807, 2.05) is 39.8 Å². The Morgan fingerprint density at radius 2 is 1.68 bits per heavy atom. The smallest absolute Gasteiger partial charge is 0.343 e. The minimum atomic E-state index is -1.53. The molecule has 184 valence electrons. The molecule has 7 nitrogen and oxygen atoms in total. The second kappa shape index (κ2) is 7.09. The Morgan fingerprint density at radius 1 is 1.00 bits per heavy atom. The van der Waals surface area contributed by atoms with Gasteiger partial charge in [0.15, 0.2) is 0 Å². The molecule has 3 aliphatic rings. The fourth-order valence-corrected chi connectivity index (χ4v) is 7.00. The molecule has 1 aliphatic heterocycles. The van der Waals surface area contributed by atoms with Gasteiger partial charge in [0.25, 0.3) is 0 Å². The van der Waals surface area contributed by atoms with Crippen molar-refractivity contribution in [3.05, 3.63) is 46.3 Å². The van der Waals surface area contributed by atoms with Gasteiger partial charge in [-0.05, 0) is 56.9 Å². The van der Waals surface area contributed by atoms with E-state index >= 15 is 0 Å². The third kappa shape index (κ3) is 2.72. The van der Waals surface area contributed by atoms with Crippen LogP contribution >= 0.6 is 0 Å². The highest BCUT2D eigenvalue weighted by Crippen LogP contribution is 2.67. The van der Waals surface area contributed by atoms with E-state index in [1.54, 1.807) is 25.3 Å². The van der Waals surface area contributed by atoms with Crippen LogP contribution in [0.5, 0.6) is 11.5 Å². The molecule has 2 fully saturated rings. The summed E-state index contributed by atoms with van der Waals surface area (Å²) in [5.74, 6) is 1.47. The molecule has 0 radical (unpaired) electrons. The van der Waals surface area contributed by atoms with Gasteiger partial charge >= 0.3 is 5.63 Å². The normalized spacial score (nSPS) is 38.2. The summed E-state index contributed by atoms with van der Waals surface area (Å²) in [6, 6.07) is 8.90. The maximum Gasteiger partial charge on any atom is 0.343 e. The lowest BCUT2D eigenvalue weighted by Gasteiger charge is -2.71. The van der Waals surface area contributed by atoms with Gasteiger partial charge in [-0.2, -0.15) is 0 Å². The monoisotopic (exact) mass is 470 g/mol. The van der Waals surface area contributed by atoms with Crippen molar-refractivity contribution in [2.45, 2.75) is 82.7 Å². The third-order valence-corrected chi connectivity index (χ3v) is 9.63. The van der Waals surface area contributed by atoms with Gasteiger partial charge in [0.2, 0.25) is 0 Å². The number of aliphatic hydroxyl groups excluding tert-OH is 1. The zero-order valence-corrected chi connectivity index (χ0v) is 20.5. The molecule has 7 heteroatoms. The van der Waals surface area contributed by atoms with E-state index in [2.05, 4.69) is 0 Å². The molecule has 34 heavy (non-hydrogen) atoms. The summed E-state index contributed by atoms with van der Waals surface area (Å²) in [6.45, 7) is 7.45. The summed E-state index contributed by atoms with van der Waals surface area (Å²) in [4.78, 5) is 13.1. The molecule has 2 saturated carbocycles. The first-order valence-electron chi connectivity index (χ1n) is 12.0. The Kier molecular flexibility index (Phi) is 4.88. The Balaban J connectivity index is 1.61. The molecule has 1 aromatic heterocycles. The van der Waals surface area contributed by atoms with Crippen molar-refractivity contribution < 1.29 is 29.2 Å². The first-order valence-corrected chi connectivity index (χ1v) is 12.0. The average Bonchev–Trinajstić information content (AvgIpc) is 2.80. The minimum absolute atomic E-state index is 0.00897. The lowest BCUT2D eigenvalue weighted by Crippen LogP contribution is -2.81. The number of hydrogen-bond donors (Lipinski definition) is 3. The Bertz CT molecular complexity index is 1180. The van der Waals surface area contributed by atoms with Gasteiger partial charge in [-0.25, -0.2) is 4.79 Å². The fraction of sp³-hybridized carbons (Fsp3) is 0.593. The highest BCUT2D eigenvalue weighted by Gasteiger charge is 2.76. The van der Waals surface area contributed by atoms with Crippen LogP contribution in [0.15, 0.2) is 39.5 Å². The van der Waals surface area contributed by atoms with Crippen LogP contribution in [0.4, 0.5) is 0 Å². The lowest BCUT2D eigenvalue weighted by atomic mass is 9.40. The second-order valence-electron chi connectivity index (χ2n) is 11.3. The van der Waals surface area contributed by atoms with Gasteiger partial charge in [-0.3, -0.25) is 0 Å². The highest BCUT2D eigenvalue weighted by atomic mass is 16.5. The molecule has 0 amide bonds. The van der Waals surface area contributed by atoms with Crippen molar-refractivity contribution in [2.75, 3.05) is 7.11 Å². The quantitative estimate of drug-likeness (QED) is 0.617. The summed E-state index contributed by atoms with van der Waals surface area (Å²) in [7, 11) is 1.59. The summed E-state index contributed by atoms with van der Waals surface area (Å²) >= 11 is 0. The van der Waals surface area contributed by atoms with Gasteiger partial charge in [0, 0.05) is 28.9 Å². The van der Waals surface area contributed by atoms with Crippen molar-refractivity contribution in [1.29, 1.82) is 0 Å². The van der Waals surface area contributed by atoms with Crippen LogP contribution in [0.3, 0.4) is 0 Å². The molecule has 2 aliphatic carbocycles. The molecule has 0 spiro atoms. The zero-order valence-electron chi connectivity index (χ0n) is 20.5. The van der Waals surface area contributed by atoms with Gasteiger partial charge in [-0.15, -0.1) is 0 Å². The number of rotatable bonds is 2. The first-order chi connectivity index (χ1) is 15.8. The maximum atomic E-state index is 13.1. The van der Waals surface area contributed by atoms with Crippen molar-refractivity contribution in [3.8, 4) is 22.8 Å². The van der Waals surface area contributed by atoms with E-state index in [4.69, 9.17) is 13.9 Å². The molecule has 0 saturated heterocycles. The number of methoxy groups -OCH3 is 1. The second-order valence-corrected chi connectivity index (χ2v) is 11.3. The Labute approximate surface area is 199 Å². The van der Waals surface area contributed by atoms with Crippen LogP contribution < -0.4 is 15.1 Å². The summed E-state index contributed by atoms with van der Waals surface area (Å²) < 4.78 is 17.3. The molecule has 0 bridgehead atoms. The number of ether oxygens (including phenoxy) is 2. The van der Waals surface area contributed by atoms with E-state index in [1.165, 1.54) is 0 Å². The molecule has 2 heterocycles. The van der Waals surface area contributed by atoms with E-state index < -0.39 is 39.4 Å². The molecular weight excluding hydrogens is 436 g/mol. The molecule has 5 unspecified atom stereocenters. The predicted molar refractivity (Wildman–Crippen MR) is 126 cm³/mol. The van der Waals surface area contributed by atoms with Crippen LogP contribution in [-0.2, 0) is 6.42 Å². The molecule has 1 aromatic carbocycles. The lowest BCUT2D eigenvalue weighted by molar-refractivity contribution is -0.340. The van der Waals surface area contributed by atoms with Crippen LogP contribution in [0.1, 0.15) is 58.9 Å². The van der Waals surface area contributed by atoms with E-state index in [0.29, 0.717) is 48.5 Å². The van der Waals surface area contributed by atoms with Crippen molar-refractivity contribution >= 4 is 0 Å². The van der Waals surface area contributed by atoms with Crippen LogP contribution in [0, 0.1) is 10.8 Å². The van der Waals surface area contributed by atoms with Crippen LogP contribution in [0.2, 0.25) is 0 Å². The first kappa shape index (κ1) is 23.4. The highest BCUT2D eigenvalue weighted by molar-refractivity contribution is 5.61. The molecule has 2 aromatic rings. The summed E-state index contributed by atoms with van der Waals surface area (Å²) in [5, 5.41) is 35.1. The number of benzene rings is 1. The SMILES string of the molecule is COc1ccc(-c2cc3c(c(=O)o2)CC2(O)C(C)(CCC4(O)C(C)(C)C(O)CCC24C)O3)cc1. The summed E-state index contributed by atoms with van der Waals surface area (Å²) in [5.41, 5.74) is -5.32. The molecular formula is C27H34O7. The predicted octanol–water partition coefficient (Wildman–Crippen LogP) is 3.45. The minimum Gasteiger partial charge on any atom is -0.497 e. The maximum absolute atomic E-state index is 13.1. The van der Waals surface area contributed by atoms with Gasteiger partial charge in [0.05, 0.1) is 24.4 Å². The molecule has 3 N–H and O–H groups in total. The van der Waals surface area contributed by atoms with Gasteiger partial charge in [-0.1, -0.05) is 20.8 Å². The third-order valence-electron chi connectivity index (χ3n) is 9.63. The van der Waals surface area contributed by atoms with Crippen molar-refractivity contribution in [1.82, 2.24) is 0 Å². The van der Waals surface area contributed by atoms with E-state index in [9.17, 15) is 20.1 Å². The number of aliphatic hydroxyl groups is 3. The number of fused-ring (bicyclic) bond motifs is 4.